The second-order valence-corrected chi connectivity index (χ2v) is 9.21. The van der Waals surface area contributed by atoms with Crippen LogP contribution in [0.3, 0.4) is 0 Å². The third-order valence-electron chi connectivity index (χ3n) is 3.65. The number of carbonyl (C=O) groups is 1. The summed E-state index contributed by atoms with van der Waals surface area (Å²) in [5.74, 6) is -0.542. The standard InChI is InChI=1S/C18H18N2O3S2/c1-13-19-16-11-15(7-8-17(16)24-13)20-18(21)9-10-25(22,23)12-14-5-3-2-4-6-14/h2-8,11H,9-10,12H2,1H3,(H,20,21). The van der Waals surface area contributed by atoms with Gasteiger partial charge in [-0.05, 0) is 30.7 Å². The number of hydrogen-bond acceptors (Lipinski definition) is 5. The molecule has 0 aliphatic carbocycles. The van der Waals surface area contributed by atoms with E-state index in [0.717, 1.165) is 20.8 Å². The van der Waals surface area contributed by atoms with Crippen molar-refractivity contribution in [3.63, 3.8) is 0 Å². The minimum atomic E-state index is -3.32. The van der Waals surface area contributed by atoms with Crippen LogP contribution in [0.4, 0.5) is 5.69 Å². The number of benzene rings is 2. The molecule has 1 amide bonds. The Morgan fingerprint density at radius 1 is 1.16 bits per heavy atom. The Hall–Kier alpha value is -2.25. The Labute approximate surface area is 150 Å². The summed E-state index contributed by atoms with van der Waals surface area (Å²) < 4.78 is 25.3. The summed E-state index contributed by atoms with van der Waals surface area (Å²) in [5.41, 5.74) is 2.19. The molecule has 3 rings (SSSR count). The summed E-state index contributed by atoms with van der Waals surface area (Å²) in [5, 5.41) is 3.70. The minimum absolute atomic E-state index is 0.0504. The fourth-order valence-corrected chi connectivity index (χ4v) is 4.64. The van der Waals surface area contributed by atoms with Gasteiger partial charge < -0.3 is 5.32 Å². The minimum Gasteiger partial charge on any atom is -0.326 e. The van der Waals surface area contributed by atoms with Crippen LogP contribution in [0.15, 0.2) is 48.5 Å². The van der Waals surface area contributed by atoms with Crippen LogP contribution in [-0.4, -0.2) is 25.1 Å². The van der Waals surface area contributed by atoms with Gasteiger partial charge in [-0.2, -0.15) is 0 Å². The number of sulfone groups is 1. The Bertz CT molecular complexity index is 996. The first-order valence-corrected chi connectivity index (χ1v) is 10.5. The van der Waals surface area contributed by atoms with Crippen molar-refractivity contribution >= 4 is 43.0 Å². The first kappa shape index (κ1) is 17.6. The summed E-state index contributed by atoms with van der Waals surface area (Å²) in [7, 11) is -3.32. The van der Waals surface area contributed by atoms with Crippen molar-refractivity contribution in [2.45, 2.75) is 19.1 Å². The topological polar surface area (TPSA) is 76.1 Å². The van der Waals surface area contributed by atoms with Crippen LogP contribution in [0.25, 0.3) is 10.2 Å². The van der Waals surface area contributed by atoms with E-state index in [2.05, 4.69) is 10.3 Å². The van der Waals surface area contributed by atoms with Crippen molar-refractivity contribution in [3.05, 3.63) is 59.1 Å². The molecule has 1 N–H and O–H groups in total. The molecule has 7 heteroatoms. The maximum atomic E-state index is 12.1. The largest absolute Gasteiger partial charge is 0.326 e. The van der Waals surface area contributed by atoms with Crippen LogP contribution in [0, 0.1) is 6.92 Å². The summed E-state index contributed by atoms with van der Waals surface area (Å²) in [6.45, 7) is 1.93. The number of nitrogens with zero attached hydrogens (tertiary/aromatic N) is 1. The van der Waals surface area contributed by atoms with Crippen molar-refractivity contribution in [1.29, 1.82) is 0 Å². The lowest BCUT2D eigenvalue weighted by Gasteiger charge is -2.06. The average molecular weight is 374 g/mol. The summed E-state index contributed by atoms with van der Waals surface area (Å²) in [6, 6.07) is 14.5. The molecular weight excluding hydrogens is 356 g/mol. The quantitative estimate of drug-likeness (QED) is 0.716. The number of thiazole rings is 1. The molecule has 5 nitrogen and oxygen atoms in total. The number of nitrogens with one attached hydrogen (secondary N) is 1. The number of aryl methyl sites for hydroxylation is 1. The van der Waals surface area contributed by atoms with Gasteiger partial charge in [-0.3, -0.25) is 4.79 Å². The Morgan fingerprint density at radius 3 is 2.68 bits per heavy atom. The van der Waals surface area contributed by atoms with Crippen molar-refractivity contribution in [3.8, 4) is 0 Å². The Morgan fingerprint density at radius 2 is 1.92 bits per heavy atom. The van der Waals surface area contributed by atoms with E-state index in [4.69, 9.17) is 0 Å². The zero-order chi connectivity index (χ0) is 17.9. The van der Waals surface area contributed by atoms with E-state index < -0.39 is 9.84 Å². The zero-order valence-corrected chi connectivity index (χ0v) is 15.4. The third-order valence-corrected chi connectivity index (χ3v) is 6.20. The van der Waals surface area contributed by atoms with Crippen LogP contribution in [-0.2, 0) is 20.4 Å². The molecule has 3 aromatic rings. The number of hydrogen-bond donors (Lipinski definition) is 1. The van der Waals surface area contributed by atoms with E-state index in [9.17, 15) is 13.2 Å². The van der Waals surface area contributed by atoms with E-state index in [0.29, 0.717) is 5.69 Å². The molecule has 0 fully saturated rings. The average Bonchev–Trinajstić information content (AvgIpc) is 2.93. The van der Waals surface area contributed by atoms with E-state index in [-0.39, 0.29) is 23.8 Å². The van der Waals surface area contributed by atoms with Crippen LogP contribution in [0.1, 0.15) is 17.0 Å². The third kappa shape index (κ3) is 4.87. The molecule has 25 heavy (non-hydrogen) atoms. The number of aromatic nitrogens is 1. The van der Waals surface area contributed by atoms with E-state index >= 15 is 0 Å². The molecule has 130 valence electrons. The van der Waals surface area contributed by atoms with Crippen LogP contribution in [0.5, 0.6) is 0 Å². The first-order valence-electron chi connectivity index (χ1n) is 7.83. The predicted molar refractivity (Wildman–Crippen MR) is 102 cm³/mol. The molecule has 2 aromatic carbocycles. The highest BCUT2D eigenvalue weighted by molar-refractivity contribution is 7.90. The Balaban J connectivity index is 1.58. The highest BCUT2D eigenvalue weighted by atomic mass is 32.2. The number of anilines is 1. The first-order chi connectivity index (χ1) is 11.9. The lowest BCUT2D eigenvalue weighted by molar-refractivity contribution is -0.115. The predicted octanol–water partition coefficient (Wildman–Crippen LogP) is 3.55. The monoisotopic (exact) mass is 374 g/mol. The molecule has 0 saturated carbocycles. The summed E-state index contributed by atoms with van der Waals surface area (Å²) in [6.07, 6.45) is -0.0662. The number of carbonyl (C=O) groups excluding carboxylic acids is 1. The van der Waals surface area contributed by atoms with Crippen molar-refractivity contribution in [1.82, 2.24) is 4.98 Å². The van der Waals surface area contributed by atoms with Gasteiger partial charge in [0.1, 0.15) is 0 Å². The van der Waals surface area contributed by atoms with Crippen LogP contribution < -0.4 is 5.32 Å². The lowest BCUT2D eigenvalue weighted by Crippen LogP contribution is -2.18. The van der Waals surface area contributed by atoms with Gasteiger partial charge in [0.15, 0.2) is 9.84 Å². The molecule has 0 aliphatic rings. The zero-order valence-electron chi connectivity index (χ0n) is 13.7. The number of fused-ring (bicyclic) bond motifs is 1. The molecule has 0 bridgehead atoms. The summed E-state index contributed by atoms with van der Waals surface area (Å²) >= 11 is 1.59. The second-order valence-electron chi connectivity index (χ2n) is 5.79. The normalized spacial score (nSPS) is 11.6. The van der Waals surface area contributed by atoms with Crippen molar-refractivity contribution in [2.75, 3.05) is 11.1 Å². The van der Waals surface area contributed by atoms with Gasteiger partial charge in [-0.1, -0.05) is 30.3 Å². The van der Waals surface area contributed by atoms with E-state index in [1.807, 2.05) is 19.1 Å². The van der Waals surface area contributed by atoms with Crippen molar-refractivity contribution < 1.29 is 13.2 Å². The summed E-state index contributed by atoms with van der Waals surface area (Å²) in [4.78, 5) is 16.4. The van der Waals surface area contributed by atoms with Gasteiger partial charge in [0, 0.05) is 12.1 Å². The van der Waals surface area contributed by atoms with Gasteiger partial charge in [0.05, 0.1) is 26.7 Å². The maximum absolute atomic E-state index is 12.1. The smallest absolute Gasteiger partial charge is 0.225 e. The molecule has 1 heterocycles. The SMILES string of the molecule is Cc1nc2cc(NC(=O)CCS(=O)(=O)Cc3ccccc3)ccc2s1. The fourth-order valence-electron chi connectivity index (χ4n) is 2.49. The van der Waals surface area contributed by atoms with E-state index in [1.54, 1.807) is 47.7 Å². The van der Waals surface area contributed by atoms with Crippen LogP contribution in [0.2, 0.25) is 0 Å². The van der Waals surface area contributed by atoms with Gasteiger partial charge in [0.2, 0.25) is 5.91 Å². The second kappa shape index (κ2) is 7.33. The van der Waals surface area contributed by atoms with Gasteiger partial charge in [-0.25, -0.2) is 13.4 Å². The molecule has 0 atom stereocenters. The van der Waals surface area contributed by atoms with Crippen molar-refractivity contribution in [2.24, 2.45) is 0 Å². The molecule has 1 aromatic heterocycles. The van der Waals surface area contributed by atoms with E-state index in [1.165, 1.54) is 0 Å². The molecule has 0 unspecified atom stereocenters. The highest BCUT2D eigenvalue weighted by Crippen LogP contribution is 2.24. The number of amides is 1. The maximum Gasteiger partial charge on any atom is 0.225 e. The molecule has 0 aliphatic heterocycles. The molecular formula is C18H18N2O3S2. The molecule has 0 spiro atoms. The van der Waals surface area contributed by atoms with Gasteiger partial charge in [-0.15, -0.1) is 11.3 Å². The fraction of sp³-hybridized carbons (Fsp3) is 0.222. The lowest BCUT2D eigenvalue weighted by atomic mass is 10.2. The van der Waals surface area contributed by atoms with Crippen LogP contribution >= 0.6 is 11.3 Å². The Kier molecular flexibility index (Phi) is 5.15. The highest BCUT2D eigenvalue weighted by Gasteiger charge is 2.15. The van der Waals surface area contributed by atoms with Gasteiger partial charge >= 0.3 is 0 Å². The molecule has 0 radical (unpaired) electrons. The molecule has 0 saturated heterocycles. The number of rotatable bonds is 6. The van der Waals surface area contributed by atoms with Gasteiger partial charge in [0.25, 0.3) is 0 Å².